The van der Waals surface area contributed by atoms with E-state index in [1.165, 1.54) is 50.2 Å². The number of carbonyl (C=O) groups is 2. The van der Waals surface area contributed by atoms with Gasteiger partial charge in [0.1, 0.15) is 0 Å². The van der Waals surface area contributed by atoms with Crippen molar-refractivity contribution in [1.29, 1.82) is 0 Å². The molecule has 2 rings (SSSR count). The highest BCUT2D eigenvalue weighted by molar-refractivity contribution is 5.97. The van der Waals surface area contributed by atoms with E-state index in [1.807, 2.05) is 0 Å². The summed E-state index contributed by atoms with van der Waals surface area (Å²) in [7, 11) is 0. The molecule has 0 aliphatic heterocycles. The molecular formula is C18H18N4O6. The number of nitro benzene ring substituents is 2. The quantitative estimate of drug-likeness (QED) is 0.424. The lowest BCUT2D eigenvalue weighted by Crippen LogP contribution is -2.35. The number of nitrogens with zero attached hydrogens (tertiary/aromatic N) is 2. The van der Waals surface area contributed by atoms with Crippen LogP contribution >= 0.6 is 0 Å². The van der Waals surface area contributed by atoms with E-state index in [0.717, 1.165) is 0 Å². The first-order chi connectivity index (χ1) is 13.2. The summed E-state index contributed by atoms with van der Waals surface area (Å²) in [5, 5.41) is 27.0. The summed E-state index contributed by atoms with van der Waals surface area (Å²) in [5.74, 6) is -0.996. The van der Waals surface area contributed by atoms with Crippen LogP contribution in [0.4, 0.5) is 11.4 Å². The Hall–Kier alpha value is -3.82. The molecule has 10 heteroatoms. The van der Waals surface area contributed by atoms with E-state index >= 15 is 0 Å². The van der Waals surface area contributed by atoms with Crippen molar-refractivity contribution in [2.45, 2.75) is 13.8 Å². The fourth-order valence-corrected chi connectivity index (χ4v) is 2.68. The average molecular weight is 386 g/mol. The van der Waals surface area contributed by atoms with Gasteiger partial charge in [-0.2, -0.15) is 0 Å². The van der Waals surface area contributed by atoms with Crippen LogP contribution in [-0.4, -0.2) is 34.8 Å². The number of nitrogens with one attached hydrogen (secondary N) is 2. The standard InChI is InChI=1S/C18H18N4O6/c1-11-13(5-3-7-15(11)21(25)26)17(23)19-9-10-20-18(24)14-6-4-8-16(12(14)2)22(27)28/h3-8H,9-10H2,1-2H3,(H,19,23)(H,20,24). The van der Waals surface area contributed by atoms with Gasteiger partial charge in [0, 0.05) is 47.5 Å². The molecule has 2 aromatic carbocycles. The molecular weight excluding hydrogens is 368 g/mol. The van der Waals surface area contributed by atoms with Gasteiger partial charge in [-0.15, -0.1) is 0 Å². The summed E-state index contributed by atoms with van der Waals surface area (Å²) in [6.07, 6.45) is 0. The van der Waals surface area contributed by atoms with Crippen LogP contribution < -0.4 is 10.6 Å². The van der Waals surface area contributed by atoms with E-state index in [2.05, 4.69) is 10.6 Å². The maximum atomic E-state index is 12.2. The molecule has 146 valence electrons. The Morgan fingerprint density at radius 1 is 0.786 bits per heavy atom. The maximum Gasteiger partial charge on any atom is 0.273 e. The molecule has 0 aliphatic rings. The third kappa shape index (κ3) is 4.47. The molecule has 2 N–H and O–H groups in total. The van der Waals surface area contributed by atoms with Crippen LogP contribution in [0.15, 0.2) is 36.4 Å². The van der Waals surface area contributed by atoms with Crippen LogP contribution in [-0.2, 0) is 0 Å². The van der Waals surface area contributed by atoms with Crippen molar-refractivity contribution in [3.8, 4) is 0 Å². The molecule has 0 fully saturated rings. The van der Waals surface area contributed by atoms with Gasteiger partial charge in [0.25, 0.3) is 23.2 Å². The van der Waals surface area contributed by atoms with Crippen LogP contribution in [0.3, 0.4) is 0 Å². The summed E-state index contributed by atoms with van der Waals surface area (Å²) >= 11 is 0. The zero-order valence-electron chi connectivity index (χ0n) is 15.2. The van der Waals surface area contributed by atoms with Gasteiger partial charge in [-0.05, 0) is 26.0 Å². The maximum absolute atomic E-state index is 12.2. The van der Waals surface area contributed by atoms with Crippen molar-refractivity contribution in [3.63, 3.8) is 0 Å². The molecule has 28 heavy (non-hydrogen) atoms. The zero-order valence-corrected chi connectivity index (χ0v) is 15.2. The highest BCUT2D eigenvalue weighted by Gasteiger charge is 2.19. The predicted octanol–water partition coefficient (Wildman–Crippen LogP) is 2.28. The first-order valence-corrected chi connectivity index (χ1v) is 8.28. The highest BCUT2D eigenvalue weighted by atomic mass is 16.6. The summed E-state index contributed by atoms with van der Waals surface area (Å²) < 4.78 is 0. The first kappa shape index (κ1) is 20.5. The van der Waals surface area contributed by atoms with Crippen molar-refractivity contribution in [2.75, 3.05) is 13.1 Å². The van der Waals surface area contributed by atoms with Crippen LogP contribution in [0.2, 0.25) is 0 Å². The van der Waals surface area contributed by atoms with Crippen LogP contribution in [0, 0.1) is 34.1 Å². The lowest BCUT2D eigenvalue weighted by molar-refractivity contribution is -0.385. The number of amides is 2. The lowest BCUT2D eigenvalue weighted by Gasteiger charge is -2.10. The van der Waals surface area contributed by atoms with E-state index in [0.29, 0.717) is 0 Å². The molecule has 0 spiro atoms. The summed E-state index contributed by atoms with van der Waals surface area (Å²) in [5.41, 5.74) is 0.553. The number of hydrogen-bond donors (Lipinski definition) is 2. The second-order valence-corrected chi connectivity index (χ2v) is 5.93. The monoisotopic (exact) mass is 386 g/mol. The summed E-state index contributed by atoms with van der Waals surface area (Å²) in [6, 6.07) is 8.42. The van der Waals surface area contributed by atoms with Crippen molar-refractivity contribution >= 4 is 23.2 Å². The number of rotatable bonds is 7. The van der Waals surface area contributed by atoms with Crippen molar-refractivity contribution < 1.29 is 19.4 Å². The summed E-state index contributed by atoms with van der Waals surface area (Å²) in [6.45, 7) is 3.14. The molecule has 0 saturated heterocycles. The summed E-state index contributed by atoms with van der Waals surface area (Å²) in [4.78, 5) is 45.2. The minimum absolute atomic E-state index is 0.0840. The highest BCUT2D eigenvalue weighted by Crippen LogP contribution is 2.21. The Labute approximate surface area is 159 Å². The van der Waals surface area contributed by atoms with Crippen molar-refractivity contribution in [1.82, 2.24) is 10.6 Å². The van der Waals surface area contributed by atoms with Gasteiger partial charge in [-0.3, -0.25) is 29.8 Å². The molecule has 2 aromatic rings. The van der Waals surface area contributed by atoms with E-state index in [9.17, 15) is 29.8 Å². The number of carbonyl (C=O) groups excluding carboxylic acids is 2. The van der Waals surface area contributed by atoms with E-state index in [1.54, 1.807) is 0 Å². The van der Waals surface area contributed by atoms with Gasteiger partial charge in [0.05, 0.1) is 9.85 Å². The Balaban J connectivity index is 1.95. The number of hydrogen-bond acceptors (Lipinski definition) is 6. The minimum Gasteiger partial charge on any atom is -0.350 e. The second-order valence-electron chi connectivity index (χ2n) is 5.93. The first-order valence-electron chi connectivity index (χ1n) is 8.28. The molecule has 0 aliphatic carbocycles. The predicted molar refractivity (Wildman–Crippen MR) is 100 cm³/mol. The third-order valence-corrected chi connectivity index (χ3v) is 4.19. The molecule has 0 bridgehead atoms. The molecule has 0 heterocycles. The van der Waals surface area contributed by atoms with Gasteiger partial charge >= 0.3 is 0 Å². The number of benzene rings is 2. The third-order valence-electron chi connectivity index (χ3n) is 4.19. The van der Waals surface area contributed by atoms with Crippen LogP contribution in [0.25, 0.3) is 0 Å². The smallest absolute Gasteiger partial charge is 0.273 e. The Morgan fingerprint density at radius 3 is 1.46 bits per heavy atom. The van der Waals surface area contributed by atoms with Gasteiger partial charge in [0.15, 0.2) is 0 Å². The van der Waals surface area contributed by atoms with Crippen molar-refractivity contribution in [3.05, 3.63) is 78.9 Å². The SMILES string of the molecule is Cc1c(C(=O)NCCNC(=O)c2cccc([N+](=O)[O-])c2C)cccc1[N+](=O)[O-]. The van der Waals surface area contributed by atoms with E-state index in [4.69, 9.17) is 0 Å². The van der Waals surface area contributed by atoms with Gasteiger partial charge in [-0.25, -0.2) is 0 Å². The van der Waals surface area contributed by atoms with Gasteiger partial charge < -0.3 is 10.6 Å². The molecule has 0 aromatic heterocycles. The molecule has 10 nitrogen and oxygen atoms in total. The van der Waals surface area contributed by atoms with Crippen molar-refractivity contribution in [2.24, 2.45) is 0 Å². The van der Waals surface area contributed by atoms with Gasteiger partial charge in [0.2, 0.25) is 0 Å². The number of nitro groups is 2. The lowest BCUT2D eigenvalue weighted by atomic mass is 10.1. The average Bonchev–Trinajstić information content (AvgIpc) is 2.64. The molecule has 0 saturated carbocycles. The van der Waals surface area contributed by atoms with E-state index < -0.39 is 21.7 Å². The minimum atomic E-state index is -0.562. The zero-order chi connectivity index (χ0) is 20.8. The topological polar surface area (TPSA) is 144 Å². The molecule has 0 atom stereocenters. The Bertz CT molecular complexity index is 880. The molecule has 2 amide bonds. The fourth-order valence-electron chi connectivity index (χ4n) is 2.68. The second kappa shape index (κ2) is 8.71. The largest absolute Gasteiger partial charge is 0.350 e. The van der Waals surface area contributed by atoms with Gasteiger partial charge in [-0.1, -0.05) is 12.1 Å². The Morgan fingerprint density at radius 2 is 1.14 bits per heavy atom. The molecule has 0 radical (unpaired) electrons. The van der Waals surface area contributed by atoms with E-state index in [-0.39, 0.29) is 46.7 Å². The molecule has 0 unspecified atom stereocenters. The van der Waals surface area contributed by atoms with Crippen LogP contribution in [0.1, 0.15) is 31.8 Å². The fraction of sp³-hybridized carbons (Fsp3) is 0.222. The Kier molecular flexibility index (Phi) is 6.38. The van der Waals surface area contributed by atoms with Crippen LogP contribution in [0.5, 0.6) is 0 Å². The normalized spacial score (nSPS) is 10.2.